The number of carbonyl (C=O) groups excluding carboxylic acids is 1. The van der Waals surface area contributed by atoms with E-state index in [2.05, 4.69) is 29.0 Å². The van der Waals surface area contributed by atoms with Gasteiger partial charge in [0.05, 0.1) is 12.3 Å². The van der Waals surface area contributed by atoms with Gasteiger partial charge in [0.2, 0.25) is 0 Å². The minimum atomic E-state index is -0.203. The molecule has 1 N–H and O–H groups in total. The molecule has 1 aromatic carbocycles. The summed E-state index contributed by atoms with van der Waals surface area (Å²) in [6.45, 7) is 9.03. The molecule has 0 saturated carbocycles. The van der Waals surface area contributed by atoms with Crippen LogP contribution in [0.4, 0.5) is 10.5 Å². The number of aromatic nitrogens is 1. The number of nitrogens with zero attached hydrogens (tertiary/aromatic N) is 3. The predicted octanol–water partition coefficient (Wildman–Crippen LogP) is 3.48. The Labute approximate surface area is 173 Å². The number of urea groups is 1. The average Bonchev–Trinajstić information content (AvgIpc) is 2.76. The molecule has 158 valence electrons. The van der Waals surface area contributed by atoms with E-state index in [1.165, 1.54) is 0 Å². The third-order valence-corrected chi connectivity index (χ3v) is 4.64. The first-order chi connectivity index (χ1) is 14.2. The third-order valence-electron chi connectivity index (χ3n) is 4.64. The Morgan fingerprint density at radius 3 is 2.55 bits per heavy atom. The zero-order valence-electron chi connectivity index (χ0n) is 17.6. The Kier molecular flexibility index (Phi) is 9.95. The molecule has 0 atom stereocenters. The molecule has 0 saturated heterocycles. The minimum absolute atomic E-state index is 0.203. The number of para-hydroxylation sites is 2. The van der Waals surface area contributed by atoms with Gasteiger partial charge in [-0.2, -0.15) is 0 Å². The van der Waals surface area contributed by atoms with Gasteiger partial charge in [0, 0.05) is 39.1 Å². The summed E-state index contributed by atoms with van der Waals surface area (Å²) >= 11 is 0. The van der Waals surface area contributed by atoms with Crippen LogP contribution in [-0.4, -0.2) is 67.3 Å². The first kappa shape index (κ1) is 22.6. The second-order valence-corrected chi connectivity index (χ2v) is 6.58. The normalized spacial score (nSPS) is 10.8. The summed E-state index contributed by atoms with van der Waals surface area (Å²) in [7, 11) is 1.62. The van der Waals surface area contributed by atoms with Crippen molar-refractivity contribution in [1.29, 1.82) is 0 Å². The molecule has 1 heterocycles. The van der Waals surface area contributed by atoms with E-state index in [0.29, 0.717) is 37.7 Å². The van der Waals surface area contributed by atoms with E-state index in [1.54, 1.807) is 24.4 Å². The number of ether oxygens (including phenoxy) is 2. The number of anilines is 1. The molecule has 0 aliphatic carbocycles. The first-order valence-electron chi connectivity index (χ1n) is 10.1. The lowest BCUT2D eigenvalue weighted by molar-refractivity contribution is 0.152. The van der Waals surface area contributed by atoms with Gasteiger partial charge in [0.25, 0.3) is 0 Å². The Hall–Kier alpha value is -2.64. The van der Waals surface area contributed by atoms with Crippen LogP contribution < -0.4 is 10.1 Å². The Balaban J connectivity index is 2.02. The number of benzene rings is 1. The maximum Gasteiger partial charge on any atom is 0.322 e. The lowest BCUT2D eigenvalue weighted by Crippen LogP contribution is -2.37. The molecule has 7 heteroatoms. The lowest BCUT2D eigenvalue weighted by atomic mass is 10.2. The van der Waals surface area contributed by atoms with Crippen molar-refractivity contribution in [3.05, 3.63) is 54.4 Å². The third kappa shape index (κ3) is 7.71. The van der Waals surface area contributed by atoms with Crippen LogP contribution in [0.15, 0.2) is 48.8 Å². The van der Waals surface area contributed by atoms with Crippen molar-refractivity contribution in [3.8, 4) is 5.75 Å². The van der Waals surface area contributed by atoms with E-state index in [4.69, 9.17) is 9.47 Å². The van der Waals surface area contributed by atoms with Gasteiger partial charge in [-0.05, 0) is 36.9 Å². The van der Waals surface area contributed by atoms with Crippen molar-refractivity contribution >= 4 is 11.7 Å². The number of amides is 2. The molecule has 0 fully saturated rings. The van der Waals surface area contributed by atoms with Gasteiger partial charge in [-0.15, -0.1) is 0 Å². The summed E-state index contributed by atoms with van der Waals surface area (Å²) in [5, 5.41) is 2.98. The number of nitrogens with one attached hydrogen (secondary N) is 1. The molecule has 0 unspecified atom stereocenters. The fourth-order valence-electron chi connectivity index (χ4n) is 2.88. The Morgan fingerprint density at radius 1 is 1.07 bits per heavy atom. The van der Waals surface area contributed by atoms with Crippen LogP contribution in [0.25, 0.3) is 0 Å². The van der Waals surface area contributed by atoms with E-state index in [9.17, 15) is 4.79 Å². The van der Waals surface area contributed by atoms with Crippen LogP contribution in [-0.2, 0) is 11.3 Å². The van der Waals surface area contributed by atoms with Gasteiger partial charge >= 0.3 is 6.03 Å². The molecular formula is C22H32N4O3. The topological polar surface area (TPSA) is 66.9 Å². The summed E-state index contributed by atoms with van der Waals surface area (Å²) in [5.74, 6) is 0.668. The highest BCUT2D eigenvalue weighted by molar-refractivity contribution is 5.91. The molecule has 0 bridgehead atoms. The lowest BCUT2D eigenvalue weighted by Gasteiger charge is -2.24. The summed E-state index contributed by atoms with van der Waals surface area (Å²) in [6, 6.07) is 11.1. The molecule has 29 heavy (non-hydrogen) atoms. The number of pyridine rings is 1. The predicted molar refractivity (Wildman–Crippen MR) is 115 cm³/mol. The highest BCUT2D eigenvalue weighted by Crippen LogP contribution is 2.24. The van der Waals surface area contributed by atoms with Gasteiger partial charge < -0.3 is 24.6 Å². The second-order valence-electron chi connectivity index (χ2n) is 6.58. The monoisotopic (exact) mass is 400 g/mol. The minimum Gasteiger partial charge on any atom is -0.490 e. The molecule has 7 nitrogen and oxygen atoms in total. The van der Waals surface area contributed by atoms with Crippen LogP contribution in [0, 0.1) is 0 Å². The largest absolute Gasteiger partial charge is 0.490 e. The molecule has 0 aliphatic heterocycles. The summed E-state index contributed by atoms with van der Waals surface area (Å²) in [5.41, 5.74) is 1.62. The Bertz CT molecular complexity index is 723. The smallest absolute Gasteiger partial charge is 0.322 e. The van der Waals surface area contributed by atoms with E-state index in [1.807, 2.05) is 36.4 Å². The van der Waals surface area contributed by atoms with Gasteiger partial charge in [0.15, 0.2) is 0 Å². The summed E-state index contributed by atoms with van der Waals surface area (Å²) in [4.78, 5) is 21.0. The number of carbonyl (C=O) groups is 1. The zero-order chi connectivity index (χ0) is 20.9. The SMILES string of the molecule is CCN(CC)CCOc1ccccc1NC(=O)N(CCOC)Cc1cccnc1. The first-order valence-corrected chi connectivity index (χ1v) is 10.1. The van der Waals surface area contributed by atoms with E-state index < -0.39 is 0 Å². The number of hydrogen-bond donors (Lipinski definition) is 1. The highest BCUT2D eigenvalue weighted by Gasteiger charge is 2.16. The van der Waals surface area contributed by atoms with Crippen molar-refractivity contribution < 1.29 is 14.3 Å². The van der Waals surface area contributed by atoms with Crippen LogP contribution in [0.3, 0.4) is 0 Å². The van der Waals surface area contributed by atoms with Crippen LogP contribution in [0.2, 0.25) is 0 Å². The van der Waals surface area contributed by atoms with E-state index in [-0.39, 0.29) is 6.03 Å². The summed E-state index contributed by atoms with van der Waals surface area (Å²) in [6.07, 6.45) is 3.48. The van der Waals surface area contributed by atoms with Crippen LogP contribution in [0.1, 0.15) is 19.4 Å². The Morgan fingerprint density at radius 2 is 1.86 bits per heavy atom. The van der Waals surface area contributed by atoms with Crippen molar-refractivity contribution in [2.24, 2.45) is 0 Å². The molecule has 1 aromatic heterocycles. The fourth-order valence-corrected chi connectivity index (χ4v) is 2.88. The van der Waals surface area contributed by atoms with Gasteiger partial charge in [-0.25, -0.2) is 4.79 Å². The van der Waals surface area contributed by atoms with Crippen molar-refractivity contribution in [2.75, 3.05) is 51.8 Å². The highest BCUT2D eigenvalue weighted by atomic mass is 16.5. The maximum absolute atomic E-state index is 12.9. The van der Waals surface area contributed by atoms with Gasteiger partial charge in [-0.3, -0.25) is 4.98 Å². The van der Waals surface area contributed by atoms with Crippen LogP contribution in [0.5, 0.6) is 5.75 Å². The quantitative estimate of drug-likeness (QED) is 0.591. The van der Waals surface area contributed by atoms with Crippen molar-refractivity contribution in [3.63, 3.8) is 0 Å². The van der Waals surface area contributed by atoms with E-state index >= 15 is 0 Å². The molecule has 2 aromatic rings. The van der Waals surface area contributed by atoms with Crippen molar-refractivity contribution in [1.82, 2.24) is 14.8 Å². The van der Waals surface area contributed by atoms with Gasteiger partial charge in [-0.1, -0.05) is 32.0 Å². The molecule has 0 radical (unpaired) electrons. The number of rotatable bonds is 12. The zero-order valence-corrected chi connectivity index (χ0v) is 17.6. The number of methoxy groups -OCH3 is 1. The molecule has 2 amide bonds. The molecule has 0 aliphatic rings. The molecular weight excluding hydrogens is 368 g/mol. The molecule has 0 spiro atoms. The fraction of sp³-hybridized carbons (Fsp3) is 0.455. The standard InChI is InChI=1S/C22H32N4O3/c1-4-25(5-2)13-16-29-21-11-7-6-10-20(21)24-22(27)26(14-15-28-3)18-19-9-8-12-23-17-19/h6-12,17H,4-5,13-16,18H2,1-3H3,(H,24,27). The van der Waals surface area contributed by atoms with Gasteiger partial charge in [0.1, 0.15) is 12.4 Å². The number of hydrogen-bond acceptors (Lipinski definition) is 5. The summed E-state index contributed by atoms with van der Waals surface area (Å²) < 4.78 is 11.1. The average molecular weight is 401 g/mol. The second kappa shape index (κ2) is 12.7. The van der Waals surface area contributed by atoms with E-state index in [0.717, 1.165) is 25.2 Å². The number of likely N-dealkylation sites (N-methyl/N-ethyl adjacent to an activating group) is 1. The van der Waals surface area contributed by atoms with Crippen molar-refractivity contribution in [2.45, 2.75) is 20.4 Å². The van der Waals surface area contributed by atoms with Crippen LogP contribution >= 0.6 is 0 Å². The molecule has 2 rings (SSSR count). The maximum atomic E-state index is 12.9.